The molecule has 0 radical (unpaired) electrons. The first kappa shape index (κ1) is 13.7. The van der Waals surface area contributed by atoms with Gasteiger partial charge < -0.3 is 4.90 Å². The Morgan fingerprint density at radius 3 is 2.38 bits per heavy atom. The Balaban J connectivity index is 1.87. The Bertz CT molecular complexity index is 621. The van der Waals surface area contributed by atoms with Crippen molar-refractivity contribution in [2.24, 2.45) is 0 Å². The number of aryl methyl sites for hydroxylation is 1. The molecule has 3 heteroatoms. The highest BCUT2D eigenvalue weighted by Gasteiger charge is 2.35. The van der Waals surface area contributed by atoms with Gasteiger partial charge in [-0.15, -0.1) is 0 Å². The van der Waals surface area contributed by atoms with Crippen molar-refractivity contribution in [1.29, 1.82) is 0 Å². The molecule has 2 amide bonds. The van der Waals surface area contributed by atoms with E-state index in [4.69, 9.17) is 0 Å². The smallest absolute Gasteiger partial charge is 0.324 e. The number of hydrogen-bond acceptors (Lipinski definition) is 1. The van der Waals surface area contributed by atoms with Gasteiger partial charge in [-0.05, 0) is 31.0 Å². The van der Waals surface area contributed by atoms with Crippen LogP contribution in [-0.2, 0) is 6.42 Å². The molecule has 1 unspecified atom stereocenters. The van der Waals surface area contributed by atoms with Gasteiger partial charge in [0.05, 0.1) is 6.04 Å². The summed E-state index contributed by atoms with van der Waals surface area (Å²) >= 11 is 0. The summed E-state index contributed by atoms with van der Waals surface area (Å²) in [5, 5.41) is 0. The number of benzene rings is 2. The largest absolute Gasteiger partial charge is 0.325 e. The molecule has 1 atom stereocenters. The van der Waals surface area contributed by atoms with Crippen molar-refractivity contribution >= 4 is 11.7 Å². The molecular weight excluding hydrogens is 260 g/mol. The predicted molar refractivity (Wildman–Crippen MR) is 85.6 cm³/mol. The molecule has 1 aliphatic rings. The Kier molecular flexibility index (Phi) is 3.65. The van der Waals surface area contributed by atoms with Gasteiger partial charge in [-0.25, -0.2) is 4.79 Å². The Morgan fingerprint density at radius 2 is 1.71 bits per heavy atom. The van der Waals surface area contributed by atoms with Crippen LogP contribution in [0, 0.1) is 6.92 Å². The second kappa shape index (κ2) is 5.60. The van der Waals surface area contributed by atoms with Gasteiger partial charge in [0.1, 0.15) is 0 Å². The van der Waals surface area contributed by atoms with Gasteiger partial charge in [0.2, 0.25) is 0 Å². The van der Waals surface area contributed by atoms with E-state index in [1.54, 1.807) is 4.90 Å². The molecule has 1 saturated heterocycles. The topological polar surface area (TPSA) is 23.6 Å². The summed E-state index contributed by atoms with van der Waals surface area (Å²) < 4.78 is 0. The molecule has 1 aliphatic heterocycles. The third-order valence-corrected chi connectivity index (χ3v) is 4.01. The van der Waals surface area contributed by atoms with E-state index in [1.807, 2.05) is 42.3 Å². The molecule has 3 nitrogen and oxygen atoms in total. The summed E-state index contributed by atoms with van der Waals surface area (Å²) in [5.74, 6) is 0. The van der Waals surface area contributed by atoms with Crippen molar-refractivity contribution in [3.8, 4) is 0 Å². The molecule has 0 aromatic heterocycles. The number of anilines is 1. The molecule has 0 bridgehead atoms. The van der Waals surface area contributed by atoms with Crippen molar-refractivity contribution in [3.63, 3.8) is 0 Å². The molecule has 0 saturated carbocycles. The lowest BCUT2D eigenvalue weighted by Crippen LogP contribution is -2.35. The van der Waals surface area contributed by atoms with Crippen molar-refractivity contribution in [1.82, 2.24) is 4.90 Å². The van der Waals surface area contributed by atoms with Gasteiger partial charge in [-0.2, -0.15) is 0 Å². The van der Waals surface area contributed by atoms with Crippen molar-refractivity contribution in [2.45, 2.75) is 19.4 Å². The lowest BCUT2D eigenvalue weighted by molar-refractivity contribution is 0.229. The first-order valence-electron chi connectivity index (χ1n) is 7.30. The third-order valence-electron chi connectivity index (χ3n) is 4.01. The molecule has 3 rings (SSSR count). The summed E-state index contributed by atoms with van der Waals surface area (Å²) in [4.78, 5) is 16.2. The number of nitrogens with zero attached hydrogens (tertiary/aromatic N) is 2. The fraction of sp³-hybridized carbons (Fsp3) is 0.278. The van der Waals surface area contributed by atoms with Gasteiger partial charge in [-0.3, -0.25) is 4.90 Å². The van der Waals surface area contributed by atoms with E-state index < -0.39 is 0 Å². The van der Waals surface area contributed by atoms with Crippen LogP contribution in [-0.4, -0.2) is 30.6 Å². The van der Waals surface area contributed by atoms with E-state index in [0.29, 0.717) is 0 Å². The van der Waals surface area contributed by atoms with Crippen LogP contribution in [0.3, 0.4) is 0 Å². The van der Waals surface area contributed by atoms with Crippen LogP contribution >= 0.6 is 0 Å². The summed E-state index contributed by atoms with van der Waals surface area (Å²) in [6.07, 6.45) is 0.880. The van der Waals surface area contributed by atoms with E-state index in [1.165, 1.54) is 11.1 Å². The van der Waals surface area contributed by atoms with E-state index >= 15 is 0 Å². The maximum atomic E-state index is 12.4. The zero-order valence-electron chi connectivity index (χ0n) is 12.5. The second-order valence-corrected chi connectivity index (χ2v) is 5.71. The van der Waals surface area contributed by atoms with Gasteiger partial charge >= 0.3 is 6.03 Å². The fourth-order valence-electron chi connectivity index (χ4n) is 2.88. The Labute approximate surface area is 125 Å². The minimum Gasteiger partial charge on any atom is -0.325 e. The van der Waals surface area contributed by atoms with Crippen LogP contribution in [0.25, 0.3) is 0 Å². The van der Waals surface area contributed by atoms with Gasteiger partial charge in [0.25, 0.3) is 0 Å². The molecule has 21 heavy (non-hydrogen) atoms. The standard InChI is InChI=1S/C18H20N2O/c1-14-8-10-16(11-9-14)20-17(13-19(2)18(20)21)12-15-6-4-3-5-7-15/h3-11,17H,12-13H2,1-2H3. The van der Waals surface area contributed by atoms with Crippen LogP contribution in [0.1, 0.15) is 11.1 Å². The minimum atomic E-state index is 0.0831. The Hall–Kier alpha value is -2.29. The average molecular weight is 280 g/mol. The monoisotopic (exact) mass is 280 g/mol. The maximum absolute atomic E-state index is 12.4. The zero-order valence-corrected chi connectivity index (χ0v) is 12.5. The van der Waals surface area contributed by atoms with Crippen LogP contribution < -0.4 is 4.90 Å². The SMILES string of the molecule is Cc1ccc(N2C(=O)N(C)CC2Cc2ccccc2)cc1. The molecule has 108 valence electrons. The molecule has 0 aliphatic carbocycles. The molecule has 1 fully saturated rings. The number of amides is 2. The van der Waals surface area contributed by atoms with Crippen LogP contribution in [0.5, 0.6) is 0 Å². The first-order valence-corrected chi connectivity index (χ1v) is 7.30. The number of hydrogen-bond donors (Lipinski definition) is 0. The van der Waals surface area contributed by atoms with E-state index in [0.717, 1.165) is 18.7 Å². The normalized spacial score (nSPS) is 18.4. The second-order valence-electron chi connectivity index (χ2n) is 5.71. The molecule has 0 N–H and O–H groups in total. The minimum absolute atomic E-state index is 0.0831. The van der Waals surface area contributed by atoms with E-state index in [-0.39, 0.29) is 12.1 Å². The summed E-state index contributed by atoms with van der Waals surface area (Å²) in [6.45, 7) is 2.82. The first-order chi connectivity index (χ1) is 10.1. The van der Waals surface area contributed by atoms with Crippen LogP contribution in [0.15, 0.2) is 54.6 Å². The number of carbonyl (C=O) groups excluding carboxylic acids is 1. The van der Waals surface area contributed by atoms with Gasteiger partial charge in [-0.1, -0.05) is 48.0 Å². The molecule has 2 aromatic rings. The predicted octanol–water partition coefficient (Wildman–Crippen LogP) is 3.48. The number of likely N-dealkylation sites (N-methyl/N-ethyl adjacent to an activating group) is 1. The van der Waals surface area contributed by atoms with Gasteiger partial charge in [0, 0.05) is 19.3 Å². The lowest BCUT2D eigenvalue weighted by atomic mass is 10.0. The number of urea groups is 1. The number of rotatable bonds is 3. The van der Waals surface area contributed by atoms with Crippen LogP contribution in [0.4, 0.5) is 10.5 Å². The van der Waals surface area contributed by atoms with Gasteiger partial charge in [0.15, 0.2) is 0 Å². The van der Waals surface area contributed by atoms with Crippen LogP contribution in [0.2, 0.25) is 0 Å². The summed E-state index contributed by atoms with van der Waals surface area (Å²) in [7, 11) is 1.87. The average Bonchev–Trinajstić information content (AvgIpc) is 2.76. The zero-order chi connectivity index (χ0) is 14.8. The maximum Gasteiger partial charge on any atom is 0.324 e. The highest BCUT2D eigenvalue weighted by Crippen LogP contribution is 2.26. The molecule has 2 aromatic carbocycles. The van der Waals surface area contributed by atoms with Crippen molar-refractivity contribution in [3.05, 3.63) is 65.7 Å². The quantitative estimate of drug-likeness (QED) is 0.844. The highest BCUT2D eigenvalue weighted by atomic mass is 16.2. The van der Waals surface area contributed by atoms with E-state index in [2.05, 4.69) is 31.2 Å². The number of carbonyl (C=O) groups is 1. The van der Waals surface area contributed by atoms with E-state index in [9.17, 15) is 4.79 Å². The summed E-state index contributed by atoms with van der Waals surface area (Å²) in [6, 6.07) is 18.8. The summed E-state index contributed by atoms with van der Waals surface area (Å²) in [5.41, 5.74) is 3.46. The Morgan fingerprint density at radius 1 is 1.05 bits per heavy atom. The third kappa shape index (κ3) is 2.77. The van der Waals surface area contributed by atoms with Crippen molar-refractivity contribution < 1.29 is 4.79 Å². The molecule has 1 heterocycles. The van der Waals surface area contributed by atoms with Crippen molar-refractivity contribution in [2.75, 3.05) is 18.5 Å². The highest BCUT2D eigenvalue weighted by molar-refractivity contribution is 5.94. The lowest BCUT2D eigenvalue weighted by Gasteiger charge is -2.23. The fourth-order valence-corrected chi connectivity index (χ4v) is 2.88. The molecule has 0 spiro atoms. The molecular formula is C18H20N2O.